The highest BCUT2D eigenvalue weighted by Gasteiger charge is 2.04. The fourth-order valence-corrected chi connectivity index (χ4v) is 2.21. The molecule has 1 heterocycles. The molecule has 0 aromatic carbocycles. The van der Waals surface area contributed by atoms with Crippen LogP contribution in [0.1, 0.15) is 45.4 Å². The monoisotopic (exact) mass is 293 g/mol. The van der Waals surface area contributed by atoms with E-state index in [1.165, 1.54) is 5.56 Å². The Morgan fingerprint density at radius 2 is 1.90 bits per heavy atom. The molecule has 0 radical (unpaired) electrons. The van der Waals surface area contributed by atoms with Crippen LogP contribution in [-0.4, -0.2) is 42.7 Å². The largest absolute Gasteiger partial charge is 0.476 e. The minimum Gasteiger partial charge on any atom is -0.476 e. The molecule has 0 aliphatic rings. The van der Waals surface area contributed by atoms with Gasteiger partial charge < -0.3 is 15.0 Å². The molecule has 4 heteroatoms. The van der Waals surface area contributed by atoms with E-state index in [-0.39, 0.29) is 0 Å². The number of rotatable bonds is 11. The highest BCUT2D eigenvalue weighted by atomic mass is 16.5. The Balaban J connectivity index is 2.57. The number of nitrogens with one attached hydrogen (secondary N) is 1. The lowest BCUT2D eigenvalue weighted by atomic mass is 10.2. The Morgan fingerprint density at radius 1 is 1.14 bits per heavy atom. The average Bonchev–Trinajstić information content (AvgIpc) is 2.51. The summed E-state index contributed by atoms with van der Waals surface area (Å²) in [4.78, 5) is 6.91. The summed E-state index contributed by atoms with van der Waals surface area (Å²) in [6, 6.07) is 4.23. The minimum atomic E-state index is 0.698. The second-order valence-corrected chi connectivity index (χ2v) is 5.21. The molecule has 0 unspecified atom stereocenters. The maximum Gasteiger partial charge on any atom is 0.213 e. The molecular formula is C17H31N3O. The van der Waals surface area contributed by atoms with Gasteiger partial charge in [-0.05, 0) is 44.1 Å². The number of ether oxygens (including phenoxy) is 1. The third-order valence-electron chi connectivity index (χ3n) is 3.58. The Labute approximate surface area is 129 Å². The van der Waals surface area contributed by atoms with Crippen molar-refractivity contribution in [3.63, 3.8) is 0 Å². The van der Waals surface area contributed by atoms with Gasteiger partial charge in [-0.1, -0.05) is 27.7 Å². The summed E-state index contributed by atoms with van der Waals surface area (Å²) >= 11 is 0. The van der Waals surface area contributed by atoms with Crippen molar-refractivity contribution in [2.45, 2.75) is 47.1 Å². The Bertz CT molecular complexity index is 392. The first-order valence-corrected chi connectivity index (χ1v) is 8.29. The summed E-state index contributed by atoms with van der Waals surface area (Å²) < 4.78 is 5.85. The van der Waals surface area contributed by atoms with Gasteiger partial charge in [-0.25, -0.2) is 4.98 Å². The zero-order valence-electron chi connectivity index (χ0n) is 14.1. The van der Waals surface area contributed by atoms with Gasteiger partial charge in [0.2, 0.25) is 5.88 Å². The van der Waals surface area contributed by atoms with E-state index < -0.39 is 0 Å². The lowest BCUT2D eigenvalue weighted by Crippen LogP contribution is -2.28. The smallest absolute Gasteiger partial charge is 0.213 e. The molecule has 1 aromatic heterocycles. The van der Waals surface area contributed by atoms with Gasteiger partial charge in [-0.15, -0.1) is 0 Å². The normalized spacial score (nSPS) is 11.1. The molecule has 0 bridgehead atoms. The quantitative estimate of drug-likeness (QED) is 0.637. The first-order chi connectivity index (χ1) is 10.2. The first kappa shape index (κ1) is 17.9. The van der Waals surface area contributed by atoms with Crippen molar-refractivity contribution in [1.29, 1.82) is 0 Å². The molecule has 0 aliphatic carbocycles. The van der Waals surface area contributed by atoms with Crippen LogP contribution in [0.25, 0.3) is 0 Å². The first-order valence-electron chi connectivity index (χ1n) is 8.29. The topological polar surface area (TPSA) is 37.4 Å². The average molecular weight is 293 g/mol. The maximum atomic E-state index is 5.85. The van der Waals surface area contributed by atoms with Crippen molar-refractivity contribution < 1.29 is 4.74 Å². The van der Waals surface area contributed by atoms with Gasteiger partial charge in [0, 0.05) is 24.8 Å². The third kappa shape index (κ3) is 6.91. The van der Waals surface area contributed by atoms with Gasteiger partial charge in [0.1, 0.15) is 6.61 Å². The lowest BCUT2D eigenvalue weighted by Gasteiger charge is -2.18. The van der Waals surface area contributed by atoms with Crippen LogP contribution in [-0.2, 0) is 13.0 Å². The predicted octanol–water partition coefficient (Wildman–Crippen LogP) is 2.86. The summed E-state index contributed by atoms with van der Waals surface area (Å²) in [5, 5.41) is 3.43. The van der Waals surface area contributed by atoms with Crippen LogP contribution in [0.4, 0.5) is 0 Å². The second-order valence-electron chi connectivity index (χ2n) is 5.21. The molecule has 0 aliphatic heterocycles. The number of likely N-dealkylation sites (N-methyl/N-ethyl adjacent to an activating group) is 1. The summed E-state index contributed by atoms with van der Waals surface area (Å²) in [6.07, 6.45) is 2.09. The second kappa shape index (κ2) is 10.6. The van der Waals surface area contributed by atoms with Gasteiger partial charge in [0.15, 0.2) is 0 Å². The molecule has 0 amide bonds. The summed E-state index contributed by atoms with van der Waals surface area (Å²) in [5.74, 6) is 0.759. The van der Waals surface area contributed by atoms with E-state index in [0.717, 1.165) is 57.1 Å². The number of aryl methyl sites for hydroxylation is 1. The van der Waals surface area contributed by atoms with Crippen molar-refractivity contribution in [2.24, 2.45) is 0 Å². The minimum absolute atomic E-state index is 0.698. The number of hydrogen-bond acceptors (Lipinski definition) is 4. The molecular weight excluding hydrogens is 262 g/mol. The molecule has 1 aromatic rings. The van der Waals surface area contributed by atoms with Crippen molar-refractivity contribution in [3.8, 4) is 5.88 Å². The van der Waals surface area contributed by atoms with Crippen LogP contribution in [0, 0.1) is 0 Å². The summed E-state index contributed by atoms with van der Waals surface area (Å²) in [6.45, 7) is 14.4. The Hall–Kier alpha value is -1.13. The molecule has 0 atom stereocenters. The number of aromatic nitrogens is 1. The van der Waals surface area contributed by atoms with Crippen LogP contribution >= 0.6 is 0 Å². The highest BCUT2D eigenvalue weighted by molar-refractivity contribution is 5.25. The van der Waals surface area contributed by atoms with Crippen LogP contribution < -0.4 is 10.1 Å². The molecule has 0 saturated heterocycles. The number of hydrogen-bond donors (Lipinski definition) is 1. The molecule has 0 saturated carbocycles. The van der Waals surface area contributed by atoms with Gasteiger partial charge in [-0.3, -0.25) is 0 Å². The van der Waals surface area contributed by atoms with Crippen LogP contribution in [0.2, 0.25) is 0 Å². The third-order valence-corrected chi connectivity index (χ3v) is 3.58. The standard InChI is InChI=1S/C17H31N3O/c1-5-9-18-14-15-12-16(6-2)19-17(13-15)21-11-10-20(7-3)8-4/h12-13,18H,5-11,14H2,1-4H3. The van der Waals surface area contributed by atoms with Crippen molar-refractivity contribution in [2.75, 3.05) is 32.8 Å². The van der Waals surface area contributed by atoms with Crippen LogP contribution in [0.5, 0.6) is 5.88 Å². The Morgan fingerprint density at radius 3 is 2.52 bits per heavy atom. The number of pyridine rings is 1. The predicted molar refractivity (Wildman–Crippen MR) is 88.9 cm³/mol. The molecule has 0 fully saturated rings. The van der Waals surface area contributed by atoms with Crippen LogP contribution in [0.15, 0.2) is 12.1 Å². The van der Waals surface area contributed by atoms with Crippen molar-refractivity contribution >= 4 is 0 Å². The Kier molecular flexibility index (Phi) is 9.02. The summed E-state index contributed by atoms with van der Waals surface area (Å²) in [7, 11) is 0. The van der Waals surface area contributed by atoms with E-state index in [2.05, 4.69) is 55.0 Å². The fraction of sp³-hybridized carbons (Fsp3) is 0.706. The molecule has 21 heavy (non-hydrogen) atoms. The van der Waals surface area contributed by atoms with E-state index in [9.17, 15) is 0 Å². The van der Waals surface area contributed by atoms with E-state index in [1.807, 2.05) is 0 Å². The van der Waals surface area contributed by atoms with Gasteiger partial charge in [0.05, 0.1) is 0 Å². The van der Waals surface area contributed by atoms with E-state index in [4.69, 9.17) is 4.74 Å². The molecule has 1 N–H and O–H groups in total. The van der Waals surface area contributed by atoms with Gasteiger partial charge >= 0.3 is 0 Å². The number of nitrogens with zero attached hydrogens (tertiary/aromatic N) is 2. The lowest BCUT2D eigenvalue weighted by molar-refractivity contribution is 0.217. The van der Waals surface area contributed by atoms with Gasteiger partial charge in [0.25, 0.3) is 0 Å². The van der Waals surface area contributed by atoms with Crippen molar-refractivity contribution in [3.05, 3.63) is 23.4 Å². The summed E-state index contributed by atoms with van der Waals surface area (Å²) in [5.41, 5.74) is 2.36. The molecule has 0 spiro atoms. The molecule has 1 rings (SSSR count). The zero-order valence-corrected chi connectivity index (χ0v) is 14.1. The maximum absolute atomic E-state index is 5.85. The van der Waals surface area contributed by atoms with E-state index in [0.29, 0.717) is 6.61 Å². The highest BCUT2D eigenvalue weighted by Crippen LogP contribution is 2.13. The van der Waals surface area contributed by atoms with E-state index in [1.54, 1.807) is 0 Å². The fourth-order valence-electron chi connectivity index (χ4n) is 2.21. The van der Waals surface area contributed by atoms with E-state index >= 15 is 0 Å². The zero-order chi connectivity index (χ0) is 15.5. The van der Waals surface area contributed by atoms with Gasteiger partial charge in [-0.2, -0.15) is 0 Å². The molecule has 4 nitrogen and oxygen atoms in total. The van der Waals surface area contributed by atoms with Crippen LogP contribution in [0.3, 0.4) is 0 Å². The molecule has 120 valence electrons. The SMILES string of the molecule is CCCNCc1cc(CC)nc(OCCN(CC)CC)c1. The van der Waals surface area contributed by atoms with Crippen molar-refractivity contribution in [1.82, 2.24) is 15.2 Å².